The van der Waals surface area contributed by atoms with Crippen LogP contribution < -0.4 is 5.32 Å². The molecule has 0 radical (unpaired) electrons. The molecule has 1 N–H and O–H groups in total. The van der Waals surface area contributed by atoms with Crippen LogP contribution in [0.25, 0.3) is 0 Å². The number of carbonyl (C=O) groups is 2. The maximum absolute atomic E-state index is 11.9. The first-order chi connectivity index (χ1) is 8.08. The van der Waals surface area contributed by atoms with Crippen LogP contribution in [0.1, 0.15) is 26.7 Å². The molecule has 17 heavy (non-hydrogen) atoms. The molecule has 2 heterocycles. The fourth-order valence-corrected chi connectivity index (χ4v) is 2.49. The lowest BCUT2D eigenvalue weighted by Crippen LogP contribution is -2.54. The molecule has 0 aromatic heterocycles. The predicted octanol–water partition coefficient (Wildman–Crippen LogP) is -0.182. The highest BCUT2D eigenvalue weighted by Crippen LogP contribution is 2.22. The molecule has 0 bridgehead atoms. The number of carbonyl (C=O) groups excluding carboxylic acids is 2. The molecule has 5 nitrogen and oxygen atoms in total. The number of fused-ring (bicyclic) bond motifs is 1. The zero-order valence-corrected chi connectivity index (χ0v) is 10.6. The third-order valence-electron chi connectivity index (χ3n) is 3.51. The second-order valence-electron chi connectivity index (χ2n) is 5.15. The number of nitrogens with zero attached hydrogens (tertiary/aromatic N) is 2. The molecule has 0 aromatic rings. The van der Waals surface area contributed by atoms with Gasteiger partial charge in [-0.1, -0.05) is 13.8 Å². The highest BCUT2D eigenvalue weighted by Gasteiger charge is 2.36. The van der Waals surface area contributed by atoms with E-state index in [1.165, 1.54) is 0 Å². The Bertz CT molecular complexity index is 317. The smallest absolute Gasteiger partial charge is 0.236 e. The molecule has 0 aromatic carbocycles. The first-order valence-electron chi connectivity index (χ1n) is 6.38. The van der Waals surface area contributed by atoms with Gasteiger partial charge in [0.25, 0.3) is 0 Å². The van der Waals surface area contributed by atoms with Gasteiger partial charge in [-0.2, -0.15) is 0 Å². The predicted molar refractivity (Wildman–Crippen MR) is 64.5 cm³/mol. The second-order valence-corrected chi connectivity index (χ2v) is 5.15. The molecule has 96 valence electrons. The van der Waals surface area contributed by atoms with Crippen molar-refractivity contribution in [2.75, 3.05) is 26.2 Å². The van der Waals surface area contributed by atoms with Crippen LogP contribution in [-0.4, -0.2) is 59.9 Å². The van der Waals surface area contributed by atoms with Gasteiger partial charge in [-0.3, -0.25) is 9.59 Å². The van der Waals surface area contributed by atoms with Crippen molar-refractivity contribution in [3.05, 3.63) is 0 Å². The van der Waals surface area contributed by atoms with Gasteiger partial charge in [0.05, 0.1) is 6.54 Å². The monoisotopic (exact) mass is 239 g/mol. The van der Waals surface area contributed by atoms with Gasteiger partial charge in [-0.05, 0) is 6.42 Å². The highest BCUT2D eigenvalue weighted by molar-refractivity contribution is 5.81. The van der Waals surface area contributed by atoms with E-state index in [-0.39, 0.29) is 17.9 Å². The average Bonchev–Trinajstić information content (AvgIpc) is 2.67. The van der Waals surface area contributed by atoms with E-state index < -0.39 is 0 Å². The van der Waals surface area contributed by atoms with Gasteiger partial charge in [0, 0.05) is 38.1 Å². The van der Waals surface area contributed by atoms with E-state index in [2.05, 4.69) is 5.32 Å². The summed E-state index contributed by atoms with van der Waals surface area (Å²) in [5.41, 5.74) is 0. The number of nitrogens with one attached hydrogen (secondary N) is 1. The lowest BCUT2D eigenvalue weighted by molar-refractivity contribution is -0.138. The molecule has 2 amide bonds. The Morgan fingerprint density at radius 1 is 1.47 bits per heavy atom. The van der Waals surface area contributed by atoms with Crippen molar-refractivity contribution in [1.29, 1.82) is 0 Å². The summed E-state index contributed by atoms with van der Waals surface area (Å²) in [6.07, 6.45) is 1.55. The number of piperazine rings is 1. The topological polar surface area (TPSA) is 52.7 Å². The van der Waals surface area contributed by atoms with Crippen molar-refractivity contribution < 1.29 is 9.59 Å². The summed E-state index contributed by atoms with van der Waals surface area (Å²) in [5, 5.41) is 3.14. The number of rotatable bonds is 3. The van der Waals surface area contributed by atoms with Gasteiger partial charge in [0.2, 0.25) is 11.8 Å². The van der Waals surface area contributed by atoms with Gasteiger partial charge in [-0.25, -0.2) is 0 Å². The van der Waals surface area contributed by atoms with Crippen molar-refractivity contribution in [2.45, 2.75) is 38.8 Å². The fraction of sp³-hybridized carbons (Fsp3) is 0.833. The Balaban J connectivity index is 1.84. The molecule has 2 rings (SSSR count). The normalized spacial score (nSPS) is 24.4. The van der Waals surface area contributed by atoms with E-state index in [1.807, 2.05) is 23.6 Å². The van der Waals surface area contributed by atoms with Gasteiger partial charge in [0.15, 0.2) is 0 Å². The largest absolute Gasteiger partial charge is 0.338 e. The third kappa shape index (κ3) is 2.77. The maximum Gasteiger partial charge on any atom is 0.236 e. The molecular formula is C12H21N3O2. The van der Waals surface area contributed by atoms with Gasteiger partial charge < -0.3 is 15.1 Å². The maximum atomic E-state index is 11.9. The van der Waals surface area contributed by atoms with Crippen LogP contribution in [0.15, 0.2) is 0 Å². The highest BCUT2D eigenvalue weighted by atomic mass is 16.2. The van der Waals surface area contributed by atoms with E-state index >= 15 is 0 Å². The van der Waals surface area contributed by atoms with E-state index in [4.69, 9.17) is 0 Å². The Morgan fingerprint density at radius 2 is 2.24 bits per heavy atom. The molecule has 5 heteroatoms. The van der Waals surface area contributed by atoms with Crippen LogP contribution >= 0.6 is 0 Å². The van der Waals surface area contributed by atoms with Gasteiger partial charge in [-0.15, -0.1) is 0 Å². The van der Waals surface area contributed by atoms with E-state index in [0.717, 1.165) is 6.42 Å². The molecule has 2 aliphatic heterocycles. The van der Waals surface area contributed by atoms with E-state index in [9.17, 15) is 9.59 Å². The summed E-state index contributed by atoms with van der Waals surface area (Å²) in [4.78, 5) is 27.3. The molecular weight excluding hydrogens is 218 g/mol. The Labute approximate surface area is 102 Å². The molecule has 2 fully saturated rings. The zero-order valence-electron chi connectivity index (χ0n) is 10.6. The number of hydrogen-bond acceptors (Lipinski definition) is 3. The molecule has 0 spiro atoms. The van der Waals surface area contributed by atoms with Crippen molar-refractivity contribution in [3.8, 4) is 0 Å². The van der Waals surface area contributed by atoms with Crippen molar-refractivity contribution >= 4 is 11.8 Å². The SMILES string of the molecule is CC(C)NCC(=O)N1CCN2C(=O)CCC2C1. The molecule has 0 saturated carbocycles. The Morgan fingerprint density at radius 3 is 2.94 bits per heavy atom. The van der Waals surface area contributed by atoms with Crippen molar-refractivity contribution in [2.24, 2.45) is 0 Å². The molecule has 2 saturated heterocycles. The quantitative estimate of drug-likeness (QED) is 0.743. The summed E-state index contributed by atoms with van der Waals surface area (Å²) in [5.74, 6) is 0.403. The minimum atomic E-state index is 0.151. The lowest BCUT2D eigenvalue weighted by atomic mass is 10.1. The molecule has 2 aliphatic rings. The zero-order chi connectivity index (χ0) is 12.4. The summed E-state index contributed by atoms with van der Waals surface area (Å²) in [7, 11) is 0. The van der Waals surface area contributed by atoms with Gasteiger partial charge >= 0.3 is 0 Å². The standard InChI is InChI=1S/C12H21N3O2/c1-9(2)13-7-12(17)14-5-6-15-10(8-14)3-4-11(15)16/h9-10,13H,3-8H2,1-2H3. The second kappa shape index (κ2) is 5.04. The number of hydrogen-bond donors (Lipinski definition) is 1. The van der Waals surface area contributed by atoms with Gasteiger partial charge in [0.1, 0.15) is 0 Å². The molecule has 1 unspecified atom stereocenters. The molecule has 0 aliphatic carbocycles. The van der Waals surface area contributed by atoms with Crippen molar-refractivity contribution in [3.63, 3.8) is 0 Å². The lowest BCUT2D eigenvalue weighted by Gasteiger charge is -2.37. The van der Waals surface area contributed by atoms with Crippen LogP contribution in [-0.2, 0) is 9.59 Å². The summed E-state index contributed by atoms with van der Waals surface area (Å²) >= 11 is 0. The van der Waals surface area contributed by atoms with Crippen LogP contribution in [0.4, 0.5) is 0 Å². The van der Waals surface area contributed by atoms with Crippen molar-refractivity contribution in [1.82, 2.24) is 15.1 Å². The molecule has 1 atom stereocenters. The first kappa shape index (κ1) is 12.4. The van der Waals surface area contributed by atoms with E-state index in [1.54, 1.807) is 0 Å². The average molecular weight is 239 g/mol. The van der Waals surface area contributed by atoms with Crippen LogP contribution in [0, 0.1) is 0 Å². The minimum absolute atomic E-state index is 0.151. The van der Waals surface area contributed by atoms with Crippen LogP contribution in [0.3, 0.4) is 0 Å². The summed E-state index contributed by atoms with van der Waals surface area (Å²) in [6.45, 7) is 6.56. The summed E-state index contributed by atoms with van der Waals surface area (Å²) < 4.78 is 0. The van der Waals surface area contributed by atoms with Crippen LogP contribution in [0.2, 0.25) is 0 Å². The third-order valence-corrected chi connectivity index (χ3v) is 3.51. The summed E-state index contributed by atoms with van der Waals surface area (Å²) in [6, 6.07) is 0.590. The minimum Gasteiger partial charge on any atom is -0.338 e. The first-order valence-corrected chi connectivity index (χ1v) is 6.38. The number of amides is 2. The fourth-order valence-electron chi connectivity index (χ4n) is 2.49. The van der Waals surface area contributed by atoms with Crippen LogP contribution in [0.5, 0.6) is 0 Å². The Kier molecular flexibility index (Phi) is 3.66. The van der Waals surface area contributed by atoms with E-state index in [0.29, 0.717) is 38.6 Å². The Hall–Kier alpha value is -1.10.